The molecule has 0 spiro atoms. The van der Waals surface area contributed by atoms with E-state index in [1.165, 1.54) is 5.56 Å². The van der Waals surface area contributed by atoms with Crippen LogP contribution in [0.2, 0.25) is 5.02 Å². The molecule has 0 radical (unpaired) electrons. The van der Waals surface area contributed by atoms with Gasteiger partial charge in [-0.3, -0.25) is 0 Å². The van der Waals surface area contributed by atoms with E-state index >= 15 is 0 Å². The van der Waals surface area contributed by atoms with Crippen LogP contribution in [0.1, 0.15) is 18.4 Å². The number of sulfone groups is 1. The molecule has 116 valence electrons. The average Bonchev–Trinajstić information content (AvgIpc) is 2.48. The topological polar surface area (TPSA) is 50.3 Å². The van der Waals surface area contributed by atoms with Gasteiger partial charge in [-0.1, -0.05) is 30.7 Å². The molecule has 0 amide bonds. The Morgan fingerprint density at radius 2 is 1.91 bits per heavy atom. The Labute approximate surface area is 135 Å². The van der Waals surface area contributed by atoms with E-state index in [2.05, 4.69) is 4.98 Å². The summed E-state index contributed by atoms with van der Waals surface area (Å²) >= 11 is 5.90. The number of pyridine rings is 1. The van der Waals surface area contributed by atoms with Gasteiger partial charge in [-0.15, -0.1) is 0 Å². The zero-order valence-corrected chi connectivity index (χ0v) is 13.8. The summed E-state index contributed by atoms with van der Waals surface area (Å²) < 4.78 is 24.3. The van der Waals surface area contributed by atoms with Crippen molar-refractivity contribution >= 4 is 27.3 Å². The number of anilines is 1. The Bertz CT molecular complexity index is 769. The lowest BCUT2D eigenvalue weighted by molar-refractivity contribution is 0.514. The second-order valence-electron chi connectivity index (χ2n) is 5.38. The number of aromatic nitrogens is 1. The fraction of sp³-hybridized carbons (Fsp3) is 0.312. The molecule has 1 aliphatic rings. The van der Waals surface area contributed by atoms with Crippen LogP contribution in [-0.2, 0) is 9.84 Å². The van der Waals surface area contributed by atoms with Gasteiger partial charge in [0.1, 0.15) is 10.7 Å². The Kier molecular flexibility index (Phi) is 4.10. The Balaban J connectivity index is 1.80. The fourth-order valence-electron chi connectivity index (χ4n) is 2.62. The maximum absolute atomic E-state index is 12.2. The van der Waals surface area contributed by atoms with Crippen LogP contribution in [0.3, 0.4) is 0 Å². The van der Waals surface area contributed by atoms with E-state index in [9.17, 15) is 8.42 Å². The third kappa shape index (κ3) is 2.83. The average molecular weight is 337 g/mol. The highest BCUT2D eigenvalue weighted by Crippen LogP contribution is 2.34. The number of nitrogens with zero attached hydrogens (tertiary/aromatic N) is 2. The molecular weight excluding hydrogens is 320 g/mol. The van der Waals surface area contributed by atoms with Gasteiger partial charge in [0.05, 0.1) is 5.75 Å². The number of halogens is 1. The first-order valence-corrected chi connectivity index (χ1v) is 9.22. The van der Waals surface area contributed by atoms with Crippen LogP contribution >= 0.6 is 11.6 Å². The monoisotopic (exact) mass is 336 g/mol. The molecule has 0 aliphatic carbocycles. The SMILES string of the molecule is CCS(=O)(=O)c1cccnc1N1CC(c2ccc(Cl)cc2)C1. The van der Waals surface area contributed by atoms with Crippen molar-refractivity contribution in [2.45, 2.75) is 17.7 Å². The van der Waals surface area contributed by atoms with E-state index in [4.69, 9.17) is 11.6 Å². The van der Waals surface area contributed by atoms with Gasteiger partial charge in [0.2, 0.25) is 0 Å². The summed E-state index contributed by atoms with van der Waals surface area (Å²) in [6.45, 7) is 3.19. The van der Waals surface area contributed by atoms with Gasteiger partial charge in [-0.25, -0.2) is 13.4 Å². The maximum atomic E-state index is 12.2. The first-order chi connectivity index (χ1) is 10.5. The molecular formula is C16H17ClN2O2S. The molecule has 0 N–H and O–H groups in total. The Morgan fingerprint density at radius 1 is 1.23 bits per heavy atom. The molecule has 1 aromatic carbocycles. The van der Waals surface area contributed by atoms with Crippen LogP contribution in [0.25, 0.3) is 0 Å². The molecule has 0 atom stereocenters. The maximum Gasteiger partial charge on any atom is 0.181 e. The molecule has 1 aromatic heterocycles. The smallest absolute Gasteiger partial charge is 0.181 e. The lowest BCUT2D eigenvalue weighted by Crippen LogP contribution is -2.46. The van der Waals surface area contributed by atoms with Crippen LogP contribution in [0, 0.1) is 0 Å². The van der Waals surface area contributed by atoms with E-state index in [-0.39, 0.29) is 5.75 Å². The van der Waals surface area contributed by atoms with Gasteiger partial charge in [0.15, 0.2) is 9.84 Å². The molecule has 1 saturated heterocycles. The lowest BCUT2D eigenvalue weighted by Gasteiger charge is -2.41. The highest BCUT2D eigenvalue weighted by molar-refractivity contribution is 7.91. The molecule has 1 fully saturated rings. The van der Waals surface area contributed by atoms with Crippen molar-refractivity contribution in [3.63, 3.8) is 0 Å². The summed E-state index contributed by atoms with van der Waals surface area (Å²) in [7, 11) is -3.26. The molecule has 0 bridgehead atoms. The van der Waals surface area contributed by atoms with Crippen molar-refractivity contribution in [3.05, 3.63) is 53.2 Å². The largest absolute Gasteiger partial charge is 0.354 e. The molecule has 4 nitrogen and oxygen atoms in total. The minimum Gasteiger partial charge on any atom is -0.354 e. The van der Waals surface area contributed by atoms with E-state index < -0.39 is 9.84 Å². The van der Waals surface area contributed by atoms with Crippen molar-refractivity contribution in [3.8, 4) is 0 Å². The minimum absolute atomic E-state index is 0.0835. The van der Waals surface area contributed by atoms with Crippen LogP contribution < -0.4 is 4.90 Å². The number of rotatable bonds is 4. The van der Waals surface area contributed by atoms with Crippen LogP contribution in [0.15, 0.2) is 47.5 Å². The number of hydrogen-bond donors (Lipinski definition) is 0. The molecule has 2 heterocycles. The Hall–Kier alpha value is -1.59. The minimum atomic E-state index is -3.26. The van der Waals surface area contributed by atoms with Crippen LogP contribution in [0.5, 0.6) is 0 Å². The molecule has 3 rings (SSSR count). The Morgan fingerprint density at radius 3 is 2.55 bits per heavy atom. The molecule has 0 unspecified atom stereocenters. The van der Waals surface area contributed by atoms with E-state index in [0.29, 0.717) is 16.6 Å². The van der Waals surface area contributed by atoms with Crippen molar-refractivity contribution in [1.29, 1.82) is 0 Å². The van der Waals surface area contributed by atoms with Crippen LogP contribution in [0.4, 0.5) is 5.82 Å². The molecule has 6 heteroatoms. The normalized spacial score (nSPS) is 15.6. The van der Waals surface area contributed by atoms with Gasteiger partial charge < -0.3 is 4.90 Å². The third-order valence-corrected chi connectivity index (χ3v) is 5.99. The van der Waals surface area contributed by atoms with Gasteiger partial charge >= 0.3 is 0 Å². The summed E-state index contributed by atoms with van der Waals surface area (Å²) in [5, 5.41) is 0.723. The summed E-state index contributed by atoms with van der Waals surface area (Å²) in [4.78, 5) is 6.62. The van der Waals surface area contributed by atoms with E-state index in [0.717, 1.165) is 18.1 Å². The number of benzene rings is 1. The number of hydrogen-bond acceptors (Lipinski definition) is 4. The second-order valence-corrected chi connectivity index (χ2v) is 8.07. The second kappa shape index (κ2) is 5.89. The summed E-state index contributed by atoms with van der Waals surface area (Å²) in [5.74, 6) is 1.03. The van der Waals surface area contributed by atoms with Crippen molar-refractivity contribution in [2.24, 2.45) is 0 Å². The van der Waals surface area contributed by atoms with Gasteiger partial charge in [-0.2, -0.15) is 0 Å². The summed E-state index contributed by atoms with van der Waals surface area (Å²) in [6.07, 6.45) is 1.64. The molecule has 0 saturated carbocycles. The third-order valence-electron chi connectivity index (χ3n) is 3.99. The first-order valence-electron chi connectivity index (χ1n) is 7.19. The van der Waals surface area contributed by atoms with Gasteiger partial charge in [0.25, 0.3) is 0 Å². The summed E-state index contributed by atoms with van der Waals surface area (Å²) in [5.41, 5.74) is 1.22. The highest BCUT2D eigenvalue weighted by atomic mass is 35.5. The highest BCUT2D eigenvalue weighted by Gasteiger charge is 2.32. The molecule has 1 aliphatic heterocycles. The first kappa shape index (κ1) is 15.3. The fourth-order valence-corrected chi connectivity index (χ4v) is 3.80. The quantitative estimate of drug-likeness (QED) is 0.860. The zero-order chi connectivity index (χ0) is 15.7. The lowest BCUT2D eigenvalue weighted by atomic mass is 9.91. The van der Waals surface area contributed by atoms with E-state index in [1.807, 2.05) is 29.2 Å². The standard InChI is InChI=1S/C16H17ClN2O2S/c1-2-22(20,21)15-4-3-9-18-16(15)19-10-13(11-19)12-5-7-14(17)8-6-12/h3-9,13H,2,10-11H2,1H3. The van der Waals surface area contributed by atoms with Gasteiger partial charge in [0, 0.05) is 30.2 Å². The van der Waals surface area contributed by atoms with Gasteiger partial charge in [-0.05, 0) is 29.8 Å². The van der Waals surface area contributed by atoms with Crippen LogP contribution in [-0.4, -0.2) is 32.2 Å². The predicted molar refractivity (Wildman–Crippen MR) is 88.4 cm³/mol. The van der Waals surface area contributed by atoms with Crippen molar-refractivity contribution < 1.29 is 8.42 Å². The molecule has 22 heavy (non-hydrogen) atoms. The molecule has 2 aromatic rings. The van der Waals surface area contributed by atoms with E-state index in [1.54, 1.807) is 25.3 Å². The van der Waals surface area contributed by atoms with Crippen molar-refractivity contribution in [1.82, 2.24) is 4.98 Å². The van der Waals surface area contributed by atoms with Crippen molar-refractivity contribution in [2.75, 3.05) is 23.7 Å². The predicted octanol–water partition coefficient (Wildman–Crippen LogP) is 3.13. The zero-order valence-electron chi connectivity index (χ0n) is 12.2. The summed E-state index contributed by atoms with van der Waals surface area (Å²) in [6, 6.07) is 11.1.